The normalized spacial score (nSPS) is 15.2. The average molecular weight is 271 g/mol. The van der Waals surface area contributed by atoms with Gasteiger partial charge in [0.05, 0.1) is 11.3 Å². The standard InChI is InChI=1S/C14H13N3O3/c15-8-10-9-7-13(14(18)19)20-12(9)2-1-11(10)17-5-3-16-4-6-17/h1-2,7,16H,3-6H2,(H,18,19). The second kappa shape index (κ2) is 4.87. The van der Waals surface area contributed by atoms with E-state index in [1.54, 1.807) is 6.07 Å². The van der Waals surface area contributed by atoms with E-state index < -0.39 is 5.97 Å². The van der Waals surface area contributed by atoms with E-state index in [0.717, 1.165) is 31.9 Å². The molecule has 0 unspecified atom stereocenters. The molecule has 0 amide bonds. The molecule has 3 rings (SSSR count). The van der Waals surface area contributed by atoms with Crippen molar-refractivity contribution in [2.24, 2.45) is 0 Å². The van der Waals surface area contributed by atoms with Gasteiger partial charge in [0.2, 0.25) is 5.76 Å². The molecular weight excluding hydrogens is 258 g/mol. The van der Waals surface area contributed by atoms with Crippen LogP contribution in [0.3, 0.4) is 0 Å². The first-order chi connectivity index (χ1) is 9.70. The summed E-state index contributed by atoms with van der Waals surface area (Å²) < 4.78 is 5.23. The number of aromatic carboxylic acids is 1. The van der Waals surface area contributed by atoms with Crippen molar-refractivity contribution >= 4 is 22.6 Å². The number of carboxylic acid groups (broad SMARTS) is 1. The van der Waals surface area contributed by atoms with Gasteiger partial charge in [-0.2, -0.15) is 5.26 Å². The molecule has 2 heterocycles. The van der Waals surface area contributed by atoms with Crippen LogP contribution < -0.4 is 10.2 Å². The number of fused-ring (bicyclic) bond motifs is 1. The van der Waals surface area contributed by atoms with E-state index in [0.29, 0.717) is 16.5 Å². The molecule has 1 aliphatic rings. The van der Waals surface area contributed by atoms with Crippen LogP contribution in [0.4, 0.5) is 5.69 Å². The monoisotopic (exact) mass is 271 g/mol. The number of piperazine rings is 1. The molecule has 1 saturated heterocycles. The molecule has 0 aliphatic carbocycles. The highest BCUT2D eigenvalue weighted by Gasteiger charge is 2.19. The lowest BCUT2D eigenvalue weighted by molar-refractivity contribution is 0.0665. The van der Waals surface area contributed by atoms with Gasteiger partial charge in [0.1, 0.15) is 11.7 Å². The second-order valence-electron chi connectivity index (χ2n) is 4.64. The molecule has 1 aromatic heterocycles. The minimum atomic E-state index is -1.13. The highest BCUT2D eigenvalue weighted by molar-refractivity contribution is 5.96. The number of benzene rings is 1. The number of furan rings is 1. The lowest BCUT2D eigenvalue weighted by Crippen LogP contribution is -2.43. The lowest BCUT2D eigenvalue weighted by atomic mass is 10.1. The SMILES string of the molecule is N#Cc1c(N2CCNCC2)ccc2oc(C(=O)O)cc12. The van der Waals surface area contributed by atoms with Crippen molar-refractivity contribution in [3.63, 3.8) is 0 Å². The molecule has 1 aromatic carbocycles. The van der Waals surface area contributed by atoms with Crippen LogP contribution in [0.5, 0.6) is 0 Å². The van der Waals surface area contributed by atoms with E-state index in [9.17, 15) is 10.1 Å². The molecule has 0 bridgehead atoms. The van der Waals surface area contributed by atoms with E-state index in [4.69, 9.17) is 9.52 Å². The zero-order chi connectivity index (χ0) is 14.1. The Morgan fingerprint density at radius 2 is 2.15 bits per heavy atom. The van der Waals surface area contributed by atoms with Gasteiger partial charge in [0, 0.05) is 37.6 Å². The van der Waals surface area contributed by atoms with Crippen molar-refractivity contribution in [1.82, 2.24) is 5.32 Å². The van der Waals surface area contributed by atoms with Crippen LogP contribution in [0.25, 0.3) is 11.0 Å². The van der Waals surface area contributed by atoms with Crippen molar-refractivity contribution in [2.75, 3.05) is 31.1 Å². The van der Waals surface area contributed by atoms with Crippen LogP contribution in [0.15, 0.2) is 22.6 Å². The number of nitrogens with zero attached hydrogens (tertiary/aromatic N) is 2. The minimum absolute atomic E-state index is 0.144. The summed E-state index contributed by atoms with van der Waals surface area (Å²) in [7, 11) is 0. The van der Waals surface area contributed by atoms with Crippen LogP contribution in [-0.4, -0.2) is 37.3 Å². The first-order valence-electron chi connectivity index (χ1n) is 6.36. The van der Waals surface area contributed by atoms with Crippen LogP contribution >= 0.6 is 0 Å². The van der Waals surface area contributed by atoms with Gasteiger partial charge in [0.25, 0.3) is 0 Å². The molecule has 6 heteroatoms. The Morgan fingerprint density at radius 3 is 2.80 bits per heavy atom. The van der Waals surface area contributed by atoms with Gasteiger partial charge >= 0.3 is 5.97 Å². The fourth-order valence-corrected chi connectivity index (χ4v) is 2.49. The summed E-state index contributed by atoms with van der Waals surface area (Å²) in [6.07, 6.45) is 0. The maximum atomic E-state index is 11.0. The van der Waals surface area contributed by atoms with Crippen molar-refractivity contribution < 1.29 is 14.3 Å². The molecule has 2 N–H and O–H groups in total. The van der Waals surface area contributed by atoms with Crippen molar-refractivity contribution in [3.8, 4) is 6.07 Å². The zero-order valence-electron chi connectivity index (χ0n) is 10.7. The fourth-order valence-electron chi connectivity index (χ4n) is 2.49. The Hall–Kier alpha value is -2.52. The predicted molar refractivity (Wildman–Crippen MR) is 73.0 cm³/mol. The first kappa shape index (κ1) is 12.5. The summed E-state index contributed by atoms with van der Waals surface area (Å²) in [6, 6.07) is 7.13. The fraction of sp³-hybridized carbons (Fsp3) is 0.286. The average Bonchev–Trinajstić information content (AvgIpc) is 2.91. The predicted octanol–water partition coefficient (Wildman–Crippen LogP) is 1.41. The Balaban J connectivity index is 2.13. The Morgan fingerprint density at radius 1 is 1.40 bits per heavy atom. The summed E-state index contributed by atoms with van der Waals surface area (Å²) in [5.74, 6) is -1.28. The summed E-state index contributed by atoms with van der Waals surface area (Å²) in [5.41, 5.74) is 1.73. The molecule has 1 aliphatic heterocycles. The third kappa shape index (κ3) is 1.98. The number of carboxylic acids is 1. The number of hydrogen-bond acceptors (Lipinski definition) is 5. The molecular formula is C14H13N3O3. The highest BCUT2D eigenvalue weighted by atomic mass is 16.4. The summed E-state index contributed by atoms with van der Waals surface area (Å²) in [5, 5.41) is 22.2. The topological polar surface area (TPSA) is 89.5 Å². The number of nitrogens with one attached hydrogen (secondary N) is 1. The Kier molecular flexibility index (Phi) is 3.05. The Labute approximate surface area is 115 Å². The van der Waals surface area contributed by atoms with Gasteiger partial charge in [-0.1, -0.05) is 0 Å². The van der Waals surface area contributed by atoms with Gasteiger partial charge in [-0.25, -0.2) is 4.79 Å². The van der Waals surface area contributed by atoms with Crippen LogP contribution in [0, 0.1) is 11.3 Å². The zero-order valence-corrected chi connectivity index (χ0v) is 10.7. The lowest BCUT2D eigenvalue weighted by Gasteiger charge is -2.30. The molecule has 6 nitrogen and oxygen atoms in total. The largest absolute Gasteiger partial charge is 0.475 e. The number of anilines is 1. The number of carbonyl (C=O) groups is 1. The van der Waals surface area contributed by atoms with Gasteiger partial charge in [-0.3, -0.25) is 0 Å². The van der Waals surface area contributed by atoms with Crippen LogP contribution in [0.1, 0.15) is 16.1 Å². The van der Waals surface area contributed by atoms with Gasteiger partial charge in [-0.15, -0.1) is 0 Å². The minimum Gasteiger partial charge on any atom is -0.475 e. The van der Waals surface area contributed by atoms with Crippen molar-refractivity contribution in [2.45, 2.75) is 0 Å². The smallest absolute Gasteiger partial charge is 0.371 e. The van der Waals surface area contributed by atoms with Gasteiger partial charge in [-0.05, 0) is 12.1 Å². The molecule has 0 spiro atoms. The number of rotatable bonds is 2. The molecule has 0 saturated carbocycles. The maximum Gasteiger partial charge on any atom is 0.371 e. The molecule has 102 valence electrons. The van der Waals surface area contributed by atoms with E-state index in [-0.39, 0.29) is 5.76 Å². The molecule has 0 radical (unpaired) electrons. The quantitative estimate of drug-likeness (QED) is 0.858. The van der Waals surface area contributed by atoms with E-state index in [1.165, 1.54) is 6.07 Å². The number of nitriles is 1. The summed E-state index contributed by atoms with van der Waals surface area (Å²) in [4.78, 5) is 13.1. The molecule has 2 aromatic rings. The summed E-state index contributed by atoms with van der Waals surface area (Å²) in [6.45, 7) is 3.39. The number of hydrogen-bond donors (Lipinski definition) is 2. The van der Waals surface area contributed by atoms with E-state index in [1.807, 2.05) is 6.07 Å². The van der Waals surface area contributed by atoms with Gasteiger partial charge < -0.3 is 19.7 Å². The second-order valence-corrected chi connectivity index (χ2v) is 4.64. The van der Waals surface area contributed by atoms with Crippen LogP contribution in [0.2, 0.25) is 0 Å². The van der Waals surface area contributed by atoms with Gasteiger partial charge in [0.15, 0.2) is 0 Å². The first-order valence-corrected chi connectivity index (χ1v) is 6.36. The Bertz CT molecular complexity index is 708. The molecule has 0 atom stereocenters. The van der Waals surface area contributed by atoms with Crippen LogP contribution in [-0.2, 0) is 0 Å². The molecule has 20 heavy (non-hydrogen) atoms. The van der Waals surface area contributed by atoms with E-state index in [2.05, 4.69) is 16.3 Å². The maximum absolute atomic E-state index is 11.0. The third-order valence-electron chi connectivity index (χ3n) is 3.46. The highest BCUT2D eigenvalue weighted by Crippen LogP contribution is 2.31. The third-order valence-corrected chi connectivity index (χ3v) is 3.46. The van der Waals surface area contributed by atoms with Crippen molar-refractivity contribution in [3.05, 3.63) is 29.5 Å². The van der Waals surface area contributed by atoms with Crippen molar-refractivity contribution in [1.29, 1.82) is 5.26 Å². The van der Waals surface area contributed by atoms with E-state index >= 15 is 0 Å². The summed E-state index contributed by atoms with van der Waals surface area (Å²) >= 11 is 0. The molecule has 1 fully saturated rings.